The lowest BCUT2D eigenvalue weighted by Crippen LogP contribution is -2.39. The first-order valence-electron chi connectivity index (χ1n) is 11.9. The Balaban J connectivity index is 1.52. The summed E-state index contributed by atoms with van der Waals surface area (Å²) in [6.07, 6.45) is 2.45. The average molecular weight is 460 g/mol. The van der Waals surface area contributed by atoms with E-state index >= 15 is 0 Å². The number of rotatable bonds is 12. The highest BCUT2D eigenvalue weighted by atomic mass is 16.5. The number of benzene rings is 3. The van der Waals surface area contributed by atoms with Crippen LogP contribution in [0.3, 0.4) is 0 Å². The molecule has 0 radical (unpaired) electrons. The lowest BCUT2D eigenvalue weighted by molar-refractivity contribution is -0.152. The van der Waals surface area contributed by atoms with Crippen LogP contribution in [0.2, 0.25) is 0 Å². The van der Waals surface area contributed by atoms with Gasteiger partial charge in [0, 0.05) is 0 Å². The van der Waals surface area contributed by atoms with Gasteiger partial charge in [0.15, 0.2) is 0 Å². The number of amides is 1. The van der Waals surface area contributed by atoms with E-state index in [0.29, 0.717) is 19.6 Å². The smallest absolute Gasteiger partial charge is 0.318 e. The molecule has 0 bridgehead atoms. The molecule has 1 atom stereocenters. The van der Waals surface area contributed by atoms with Gasteiger partial charge in [-0.1, -0.05) is 80.1 Å². The van der Waals surface area contributed by atoms with E-state index in [9.17, 15) is 9.59 Å². The van der Waals surface area contributed by atoms with Crippen molar-refractivity contribution in [3.05, 3.63) is 90.0 Å². The van der Waals surface area contributed by atoms with E-state index in [-0.39, 0.29) is 12.5 Å². The largest absolute Gasteiger partial charge is 0.492 e. The van der Waals surface area contributed by atoms with Gasteiger partial charge in [0.05, 0.1) is 13.2 Å². The molecule has 5 nitrogen and oxygen atoms in total. The van der Waals surface area contributed by atoms with Crippen LogP contribution in [-0.4, -0.2) is 31.6 Å². The van der Waals surface area contributed by atoms with Crippen LogP contribution in [0, 0.1) is 5.92 Å². The number of carbonyl (C=O) groups is 2. The second kappa shape index (κ2) is 13.2. The second-order valence-corrected chi connectivity index (χ2v) is 8.07. The molecule has 0 saturated heterocycles. The maximum Gasteiger partial charge on any atom is 0.318 e. The first kappa shape index (κ1) is 25.0. The summed E-state index contributed by atoms with van der Waals surface area (Å²) in [5.41, 5.74) is 4.65. The number of ether oxygens (including phenoxy) is 2. The number of esters is 1. The highest BCUT2D eigenvalue weighted by Crippen LogP contribution is 2.26. The lowest BCUT2D eigenvalue weighted by Gasteiger charge is -2.16. The Kier molecular flexibility index (Phi) is 9.71. The molecule has 0 aliphatic carbocycles. The predicted molar refractivity (Wildman–Crippen MR) is 135 cm³/mol. The van der Waals surface area contributed by atoms with Crippen molar-refractivity contribution in [3.63, 3.8) is 0 Å². The van der Waals surface area contributed by atoms with E-state index in [2.05, 4.69) is 48.6 Å². The van der Waals surface area contributed by atoms with Crippen molar-refractivity contribution in [1.82, 2.24) is 5.32 Å². The molecule has 1 N–H and O–H groups in total. The van der Waals surface area contributed by atoms with Gasteiger partial charge in [-0.15, -0.1) is 0 Å². The number of carbonyl (C=O) groups excluding carboxylic acids is 2. The molecule has 34 heavy (non-hydrogen) atoms. The highest BCUT2D eigenvalue weighted by molar-refractivity contribution is 5.98. The van der Waals surface area contributed by atoms with E-state index in [1.165, 1.54) is 11.1 Å². The van der Waals surface area contributed by atoms with Gasteiger partial charge in [0.2, 0.25) is 5.91 Å². The molecular weight excluding hydrogens is 426 g/mol. The Morgan fingerprint density at radius 1 is 0.882 bits per heavy atom. The minimum Gasteiger partial charge on any atom is -0.492 e. The van der Waals surface area contributed by atoms with E-state index in [0.717, 1.165) is 29.7 Å². The van der Waals surface area contributed by atoms with Crippen molar-refractivity contribution in [2.24, 2.45) is 5.92 Å². The Bertz CT molecular complexity index is 1050. The molecule has 0 fully saturated rings. The summed E-state index contributed by atoms with van der Waals surface area (Å²) in [5, 5.41) is 2.81. The van der Waals surface area contributed by atoms with E-state index in [4.69, 9.17) is 9.47 Å². The van der Waals surface area contributed by atoms with Gasteiger partial charge >= 0.3 is 5.97 Å². The zero-order valence-electron chi connectivity index (χ0n) is 20.0. The fourth-order valence-electron chi connectivity index (χ4n) is 3.86. The zero-order chi connectivity index (χ0) is 24.2. The average Bonchev–Trinajstić information content (AvgIpc) is 2.87. The zero-order valence-corrected chi connectivity index (χ0v) is 20.0. The van der Waals surface area contributed by atoms with E-state index < -0.39 is 11.9 Å². The Hall–Kier alpha value is -3.60. The third-order valence-electron chi connectivity index (χ3n) is 5.54. The molecule has 3 aromatic carbocycles. The normalized spacial score (nSPS) is 11.5. The van der Waals surface area contributed by atoms with Crippen LogP contribution >= 0.6 is 0 Å². The van der Waals surface area contributed by atoms with Crippen LogP contribution in [0.1, 0.15) is 31.4 Å². The van der Waals surface area contributed by atoms with Gasteiger partial charge < -0.3 is 14.8 Å². The summed E-state index contributed by atoms with van der Waals surface area (Å²) in [5.74, 6) is -1.01. The molecule has 0 aliphatic rings. The van der Waals surface area contributed by atoms with Crippen LogP contribution in [0.4, 0.5) is 0 Å². The monoisotopic (exact) mass is 459 g/mol. The Morgan fingerprint density at radius 2 is 1.59 bits per heavy atom. The topological polar surface area (TPSA) is 64.6 Å². The van der Waals surface area contributed by atoms with Gasteiger partial charge in [-0.05, 0) is 54.2 Å². The maximum absolute atomic E-state index is 12.7. The molecule has 1 unspecified atom stereocenters. The molecule has 3 aromatic rings. The van der Waals surface area contributed by atoms with Crippen molar-refractivity contribution in [3.8, 4) is 16.9 Å². The molecule has 1 amide bonds. The standard InChI is InChI=1S/C29H33NO4/c1-3-10-23-13-8-9-14-26(23)24-15-17-25(18-16-24)34-20-19-30-28(31)27(29(32)33-4-2)21-22-11-6-5-7-12-22/h5-9,11-18,27H,3-4,10,19-21H2,1-2H3,(H,30,31). The first-order valence-corrected chi connectivity index (χ1v) is 11.9. The SMILES string of the molecule is CCCc1ccccc1-c1ccc(OCCNC(=O)C(Cc2ccccc2)C(=O)OCC)cc1. The van der Waals surface area contributed by atoms with Gasteiger partial charge in [-0.25, -0.2) is 0 Å². The third kappa shape index (κ3) is 7.20. The van der Waals surface area contributed by atoms with Gasteiger partial charge in [-0.3, -0.25) is 9.59 Å². The summed E-state index contributed by atoms with van der Waals surface area (Å²) in [6.45, 7) is 4.75. The molecule has 0 spiro atoms. The highest BCUT2D eigenvalue weighted by Gasteiger charge is 2.28. The van der Waals surface area contributed by atoms with Crippen LogP contribution in [0.15, 0.2) is 78.9 Å². The molecular formula is C29H33NO4. The summed E-state index contributed by atoms with van der Waals surface area (Å²) in [6, 6.07) is 25.9. The number of aryl methyl sites for hydroxylation is 1. The van der Waals surface area contributed by atoms with Gasteiger partial charge in [-0.2, -0.15) is 0 Å². The van der Waals surface area contributed by atoms with Crippen LogP contribution in [-0.2, 0) is 27.2 Å². The Labute approximate surface area is 202 Å². The summed E-state index contributed by atoms with van der Waals surface area (Å²) >= 11 is 0. The molecule has 0 heterocycles. The summed E-state index contributed by atoms with van der Waals surface area (Å²) in [4.78, 5) is 25.0. The molecule has 0 saturated carbocycles. The number of hydrogen-bond donors (Lipinski definition) is 1. The third-order valence-corrected chi connectivity index (χ3v) is 5.54. The van der Waals surface area contributed by atoms with E-state index in [1.807, 2.05) is 42.5 Å². The van der Waals surface area contributed by atoms with Crippen LogP contribution < -0.4 is 10.1 Å². The second-order valence-electron chi connectivity index (χ2n) is 8.07. The molecule has 0 aliphatic heterocycles. The fraction of sp³-hybridized carbons (Fsp3) is 0.310. The quantitative estimate of drug-likeness (QED) is 0.229. The van der Waals surface area contributed by atoms with Crippen molar-refractivity contribution in [2.45, 2.75) is 33.1 Å². The van der Waals surface area contributed by atoms with Gasteiger partial charge in [0.1, 0.15) is 18.3 Å². The van der Waals surface area contributed by atoms with Crippen LogP contribution in [0.25, 0.3) is 11.1 Å². The minimum atomic E-state index is -0.884. The van der Waals surface area contributed by atoms with E-state index in [1.54, 1.807) is 6.92 Å². The van der Waals surface area contributed by atoms with Crippen molar-refractivity contribution >= 4 is 11.9 Å². The number of nitrogens with one attached hydrogen (secondary N) is 1. The van der Waals surface area contributed by atoms with Crippen molar-refractivity contribution in [2.75, 3.05) is 19.8 Å². The summed E-state index contributed by atoms with van der Waals surface area (Å²) < 4.78 is 10.9. The predicted octanol–water partition coefficient (Wildman–Crippen LogP) is 5.22. The lowest BCUT2D eigenvalue weighted by atomic mass is 9.97. The Morgan fingerprint density at radius 3 is 2.29 bits per heavy atom. The minimum absolute atomic E-state index is 0.236. The number of hydrogen-bond acceptors (Lipinski definition) is 4. The van der Waals surface area contributed by atoms with Crippen molar-refractivity contribution in [1.29, 1.82) is 0 Å². The van der Waals surface area contributed by atoms with Crippen molar-refractivity contribution < 1.29 is 19.1 Å². The van der Waals surface area contributed by atoms with Crippen LogP contribution in [0.5, 0.6) is 5.75 Å². The fourth-order valence-corrected chi connectivity index (χ4v) is 3.86. The molecule has 5 heteroatoms. The first-order chi connectivity index (χ1) is 16.6. The summed E-state index contributed by atoms with van der Waals surface area (Å²) in [7, 11) is 0. The van der Waals surface area contributed by atoms with Gasteiger partial charge in [0.25, 0.3) is 0 Å². The molecule has 0 aromatic heterocycles. The molecule has 178 valence electrons. The maximum atomic E-state index is 12.7. The molecule has 3 rings (SSSR count).